The van der Waals surface area contributed by atoms with Crippen LogP contribution in [-0.2, 0) is 9.53 Å². The van der Waals surface area contributed by atoms with Crippen LogP contribution in [0, 0.1) is 0 Å². The van der Waals surface area contributed by atoms with Crippen LogP contribution in [0.15, 0.2) is 0 Å². The highest BCUT2D eigenvalue weighted by molar-refractivity contribution is 5.78. The second kappa shape index (κ2) is 12.0. The van der Waals surface area contributed by atoms with Crippen LogP contribution in [-0.4, -0.2) is 88.3 Å². The first-order valence-electron chi connectivity index (χ1n) is 12.4. The van der Waals surface area contributed by atoms with E-state index in [9.17, 15) is 14.7 Å². The minimum absolute atomic E-state index is 0.104. The van der Waals surface area contributed by atoms with Crippen LogP contribution in [0.3, 0.4) is 0 Å². The van der Waals surface area contributed by atoms with Crippen LogP contribution in [0.4, 0.5) is 4.79 Å². The summed E-state index contributed by atoms with van der Waals surface area (Å²) in [6.45, 7) is 12.7. The fourth-order valence-corrected chi connectivity index (χ4v) is 5.21. The zero-order valence-electron chi connectivity index (χ0n) is 20.4. The number of carbonyl (C=O) groups excluding carboxylic acids is 2. The van der Waals surface area contributed by atoms with Gasteiger partial charge < -0.3 is 19.6 Å². The van der Waals surface area contributed by atoms with Crippen molar-refractivity contribution in [2.45, 2.75) is 110 Å². The van der Waals surface area contributed by atoms with E-state index in [1.54, 1.807) is 0 Å². The van der Waals surface area contributed by atoms with Crippen LogP contribution >= 0.6 is 0 Å². The molecule has 7 heteroatoms. The van der Waals surface area contributed by atoms with E-state index >= 15 is 0 Å². The summed E-state index contributed by atoms with van der Waals surface area (Å²) in [6.07, 6.45) is 8.42. The SMILES string of the molecule is CC.CC(C)(C)OC(=O)N1CC[C@H](N2CCC(N(C(=O)CO)C3CCCCC3)CC2)C1. The molecule has 2 heterocycles. The number of aliphatic hydroxyl groups is 1. The van der Waals surface area contributed by atoms with Gasteiger partial charge in [-0.1, -0.05) is 33.1 Å². The highest BCUT2D eigenvalue weighted by atomic mass is 16.6. The molecule has 0 aromatic carbocycles. The largest absolute Gasteiger partial charge is 0.444 e. The van der Waals surface area contributed by atoms with E-state index in [1.165, 1.54) is 19.3 Å². The third kappa shape index (κ3) is 7.35. The number of ether oxygens (including phenoxy) is 1. The molecule has 3 fully saturated rings. The molecule has 1 N–H and O–H groups in total. The molecule has 0 unspecified atom stereocenters. The third-order valence-corrected chi connectivity index (χ3v) is 6.62. The smallest absolute Gasteiger partial charge is 0.410 e. The molecule has 3 aliphatic rings. The first kappa shape index (κ1) is 25.9. The number of carbonyl (C=O) groups is 2. The molecule has 2 saturated heterocycles. The lowest BCUT2D eigenvalue weighted by Gasteiger charge is -2.44. The molecule has 7 nitrogen and oxygen atoms in total. The summed E-state index contributed by atoms with van der Waals surface area (Å²) in [5, 5.41) is 9.50. The lowest BCUT2D eigenvalue weighted by molar-refractivity contribution is -0.141. The van der Waals surface area contributed by atoms with E-state index in [4.69, 9.17) is 4.74 Å². The van der Waals surface area contributed by atoms with Gasteiger partial charge >= 0.3 is 6.09 Å². The molecule has 3 rings (SSSR count). The van der Waals surface area contributed by atoms with Crippen molar-refractivity contribution < 1.29 is 19.4 Å². The van der Waals surface area contributed by atoms with Crippen molar-refractivity contribution in [3.8, 4) is 0 Å². The quantitative estimate of drug-likeness (QED) is 0.724. The Morgan fingerprint density at radius 3 is 2.06 bits per heavy atom. The van der Waals surface area contributed by atoms with Gasteiger partial charge in [-0.25, -0.2) is 4.79 Å². The second-order valence-corrected chi connectivity index (χ2v) is 9.89. The highest BCUT2D eigenvalue weighted by Crippen LogP contribution is 2.29. The topological polar surface area (TPSA) is 73.3 Å². The van der Waals surface area contributed by atoms with Gasteiger partial charge in [0.1, 0.15) is 12.2 Å². The summed E-state index contributed by atoms with van der Waals surface area (Å²) >= 11 is 0. The number of piperidine rings is 1. The summed E-state index contributed by atoms with van der Waals surface area (Å²) in [6, 6.07) is 0.909. The van der Waals surface area contributed by atoms with Gasteiger partial charge in [0.25, 0.3) is 0 Å². The van der Waals surface area contributed by atoms with Crippen molar-refractivity contribution in [3.63, 3.8) is 0 Å². The standard InChI is InChI=1S/C22H39N3O4.C2H6/c1-22(2,3)29-21(28)24-14-11-19(15-24)23-12-9-18(10-13-23)25(20(27)16-26)17-7-5-4-6-8-17;1-2/h17-19,26H,4-16H2,1-3H3;1-2H3/t19-;/m0./s1. The van der Waals surface area contributed by atoms with Gasteiger partial charge in [-0.15, -0.1) is 0 Å². The van der Waals surface area contributed by atoms with Gasteiger partial charge in [0.05, 0.1) is 0 Å². The van der Waals surface area contributed by atoms with Crippen LogP contribution in [0.1, 0.15) is 86.0 Å². The maximum absolute atomic E-state index is 12.5. The predicted octanol–water partition coefficient (Wildman–Crippen LogP) is 3.64. The highest BCUT2D eigenvalue weighted by Gasteiger charge is 2.37. The predicted molar refractivity (Wildman–Crippen MR) is 123 cm³/mol. The Balaban J connectivity index is 0.00000166. The summed E-state index contributed by atoms with van der Waals surface area (Å²) < 4.78 is 5.51. The average molecular weight is 440 g/mol. The maximum atomic E-state index is 12.5. The Hall–Kier alpha value is -1.34. The number of hydrogen-bond acceptors (Lipinski definition) is 5. The van der Waals surface area contributed by atoms with E-state index in [1.807, 2.05) is 44.4 Å². The van der Waals surface area contributed by atoms with E-state index in [0.29, 0.717) is 12.1 Å². The lowest BCUT2D eigenvalue weighted by atomic mass is 9.91. The molecule has 0 aromatic heterocycles. The summed E-state index contributed by atoms with van der Waals surface area (Å²) in [7, 11) is 0. The molecule has 1 aliphatic carbocycles. The molecular formula is C24H45N3O4. The van der Waals surface area contributed by atoms with Crippen molar-refractivity contribution in [1.29, 1.82) is 0 Å². The zero-order chi connectivity index (χ0) is 23.0. The van der Waals surface area contributed by atoms with Crippen molar-refractivity contribution in [2.75, 3.05) is 32.8 Å². The number of nitrogens with zero attached hydrogens (tertiary/aromatic N) is 3. The van der Waals surface area contributed by atoms with Gasteiger partial charge in [-0.05, 0) is 52.9 Å². The van der Waals surface area contributed by atoms with E-state index in [-0.39, 0.29) is 24.6 Å². The van der Waals surface area contributed by atoms with Crippen molar-refractivity contribution >= 4 is 12.0 Å². The lowest BCUT2D eigenvalue weighted by Crippen LogP contribution is -2.54. The Kier molecular flexibility index (Phi) is 10.1. The Morgan fingerprint density at radius 2 is 1.52 bits per heavy atom. The second-order valence-electron chi connectivity index (χ2n) is 9.89. The van der Waals surface area contributed by atoms with Gasteiger partial charge in [0.2, 0.25) is 5.91 Å². The Labute approximate surface area is 189 Å². The first-order chi connectivity index (χ1) is 14.8. The summed E-state index contributed by atoms with van der Waals surface area (Å²) in [5.41, 5.74) is -0.463. The molecule has 31 heavy (non-hydrogen) atoms. The fourth-order valence-electron chi connectivity index (χ4n) is 5.21. The van der Waals surface area contributed by atoms with Crippen LogP contribution in [0.25, 0.3) is 0 Å². The molecule has 0 radical (unpaired) electrons. The molecule has 1 atom stereocenters. The van der Waals surface area contributed by atoms with Gasteiger partial charge in [0, 0.05) is 44.3 Å². The molecule has 180 valence electrons. The van der Waals surface area contributed by atoms with Crippen LogP contribution in [0.2, 0.25) is 0 Å². The number of amides is 2. The Bertz CT molecular complexity index is 564. The zero-order valence-corrected chi connectivity index (χ0v) is 20.4. The molecular weight excluding hydrogens is 394 g/mol. The minimum atomic E-state index is -0.463. The summed E-state index contributed by atoms with van der Waals surface area (Å²) in [5.74, 6) is -0.104. The molecule has 2 aliphatic heterocycles. The number of likely N-dealkylation sites (tertiary alicyclic amines) is 2. The number of aliphatic hydroxyl groups excluding tert-OH is 1. The van der Waals surface area contributed by atoms with Crippen molar-refractivity contribution in [1.82, 2.24) is 14.7 Å². The summed E-state index contributed by atoms with van der Waals surface area (Å²) in [4.78, 5) is 31.1. The van der Waals surface area contributed by atoms with E-state index in [2.05, 4.69) is 4.90 Å². The van der Waals surface area contributed by atoms with Crippen LogP contribution in [0.5, 0.6) is 0 Å². The van der Waals surface area contributed by atoms with Crippen LogP contribution < -0.4 is 0 Å². The van der Waals surface area contributed by atoms with E-state index in [0.717, 1.165) is 58.3 Å². The normalized spacial score (nSPS) is 23.8. The van der Waals surface area contributed by atoms with Crippen molar-refractivity contribution in [3.05, 3.63) is 0 Å². The molecule has 0 aromatic rings. The first-order valence-corrected chi connectivity index (χ1v) is 12.4. The molecule has 0 bridgehead atoms. The van der Waals surface area contributed by atoms with E-state index < -0.39 is 5.60 Å². The minimum Gasteiger partial charge on any atom is -0.444 e. The molecule has 2 amide bonds. The fraction of sp³-hybridized carbons (Fsp3) is 0.917. The number of rotatable bonds is 4. The van der Waals surface area contributed by atoms with Gasteiger partial charge in [0.15, 0.2) is 0 Å². The maximum Gasteiger partial charge on any atom is 0.410 e. The third-order valence-electron chi connectivity index (χ3n) is 6.62. The average Bonchev–Trinajstić information content (AvgIpc) is 3.26. The number of hydrogen-bond donors (Lipinski definition) is 1. The van der Waals surface area contributed by atoms with Gasteiger partial charge in [-0.2, -0.15) is 0 Å². The van der Waals surface area contributed by atoms with Gasteiger partial charge in [-0.3, -0.25) is 9.69 Å². The monoisotopic (exact) mass is 439 g/mol. The molecule has 1 saturated carbocycles. The molecule has 0 spiro atoms. The Morgan fingerprint density at radius 1 is 0.935 bits per heavy atom. The van der Waals surface area contributed by atoms with Crippen molar-refractivity contribution in [2.24, 2.45) is 0 Å².